The van der Waals surface area contributed by atoms with Gasteiger partial charge in [0.05, 0.1) is 5.60 Å². The predicted molar refractivity (Wildman–Crippen MR) is 51.1 cm³/mol. The van der Waals surface area contributed by atoms with Gasteiger partial charge in [0.25, 0.3) is 0 Å². The summed E-state index contributed by atoms with van der Waals surface area (Å²) in [5.74, 6) is 0.597. The molecule has 0 unspecified atom stereocenters. The third-order valence-corrected chi connectivity index (χ3v) is 2.56. The lowest BCUT2D eigenvalue weighted by Crippen LogP contribution is -2.47. The molecule has 1 aliphatic heterocycles. The fraction of sp³-hybridized carbons (Fsp3) is 1.00. The van der Waals surface area contributed by atoms with E-state index in [0.29, 0.717) is 12.0 Å². The first kappa shape index (κ1) is 10.0. The molecule has 0 saturated carbocycles. The van der Waals surface area contributed by atoms with Gasteiger partial charge in [-0.05, 0) is 38.6 Å². The van der Waals surface area contributed by atoms with Gasteiger partial charge in [-0.15, -0.1) is 0 Å². The molecule has 0 amide bonds. The molecule has 2 N–H and O–H groups in total. The fourth-order valence-corrected chi connectivity index (χ4v) is 2.24. The van der Waals surface area contributed by atoms with Crippen LogP contribution < -0.4 is 5.32 Å². The third kappa shape index (κ3) is 2.76. The van der Waals surface area contributed by atoms with Crippen molar-refractivity contribution in [2.75, 3.05) is 6.54 Å². The Kier molecular flexibility index (Phi) is 3.13. The van der Waals surface area contributed by atoms with Crippen molar-refractivity contribution in [1.82, 2.24) is 5.32 Å². The van der Waals surface area contributed by atoms with Gasteiger partial charge in [-0.2, -0.15) is 0 Å². The lowest BCUT2D eigenvalue weighted by molar-refractivity contribution is -0.0190. The number of rotatable bonds is 2. The van der Waals surface area contributed by atoms with Crippen molar-refractivity contribution in [3.63, 3.8) is 0 Å². The second-order valence-electron chi connectivity index (χ2n) is 4.63. The summed E-state index contributed by atoms with van der Waals surface area (Å²) < 4.78 is 0. The summed E-state index contributed by atoms with van der Waals surface area (Å²) in [5.41, 5.74) is -0.390. The summed E-state index contributed by atoms with van der Waals surface area (Å²) >= 11 is 0. The Morgan fingerprint density at radius 2 is 2.25 bits per heavy atom. The zero-order chi connectivity index (χ0) is 9.19. The molecular weight excluding hydrogens is 150 g/mol. The average Bonchev–Trinajstić information content (AvgIpc) is 1.82. The van der Waals surface area contributed by atoms with Crippen LogP contribution in [-0.2, 0) is 0 Å². The Hall–Kier alpha value is -0.0800. The van der Waals surface area contributed by atoms with Crippen molar-refractivity contribution in [2.24, 2.45) is 5.92 Å². The van der Waals surface area contributed by atoms with E-state index in [2.05, 4.69) is 26.1 Å². The maximum Gasteiger partial charge on any atom is 0.0677 e. The summed E-state index contributed by atoms with van der Waals surface area (Å²) in [6.07, 6.45) is 2.76. The second-order valence-corrected chi connectivity index (χ2v) is 4.63. The number of hydrogen-bond acceptors (Lipinski definition) is 2. The molecule has 0 radical (unpaired) electrons. The van der Waals surface area contributed by atoms with Crippen LogP contribution in [0.5, 0.6) is 0 Å². The van der Waals surface area contributed by atoms with Crippen molar-refractivity contribution in [3.8, 4) is 0 Å². The molecule has 1 fully saturated rings. The Balaban J connectivity index is 2.45. The molecule has 0 bridgehead atoms. The predicted octanol–water partition coefficient (Wildman–Crippen LogP) is 1.54. The summed E-state index contributed by atoms with van der Waals surface area (Å²) in [5, 5.41) is 13.5. The minimum absolute atomic E-state index is 0.390. The van der Waals surface area contributed by atoms with Crippen LogP contribution in [-0.4, -0.2) is 23.3 Å². The van der Waals surface area contributed by atoms with Crippen LogP contribution in [0.2, 0.25) is 0 Å². The van der Waals surface area contributed by atoms with Gasteiger partial charge in [0.15, 0.2) is 0 Å². The van der Waals surface area contributed by atoms with Crippen molar-refractivity contribution in [2.45, 2.75) is 51.7 Å². The van der Waals surface area contributed by atoms with E-state index in [4.69, 9.17) is 0 Å². The molecule has 72 valence electrons. The van der Waals surface area contributed by atoms with Gasteiger partial charge < -0.3 is 10.4 Å². The highest BCUT2D eigenvalue weighted by atomic mass is 16.3. The maximum atomic E-state index is 10.2. The van der Waals surface area contributed by atoms with Gasteiger partial charge in [-0.3, -0.25) is 0 Å². The normalized spacial score (nSPS) is 37.2. The van der Waals surface area contributed by atoms with Crippen LogP contribution in [0.25, 0.3) is 0 Å². The highest BCUT2D eigenvalue weighted by Crippen LogP contribution is 2.28. The first-order valence-corrected chi connectivity index (χ1v) is 4.98. The number of hydrogen-bond donors (Lipinski definition) is 2. The summed E-state index contributed by atoms with van der Waals surface area (Å²) in [4.78, 5) is 0. The summed E-state index contributed by atoms with van der Waals surface area (Å²) in [6, 6.07) is 0.475. The van der Waals surface area contributed by atoms with Crippen LogP contribution in [0.3, 0.4) is 0 Å². The van der Waals surface area contributed by atoms with E-state index in [0.717, 1.165) is 25.8 Å². The van der Waals surface area contributed by atoms with E-state index in [9.17, 15) is 5.11 Å². The highest BCUT2D eigenvalue weighted by molar-refractivity contribution is 4.88. The van der Waals surface area contributed by atoms with E-state index >= 15 is 0 Å². The fourth-order valence-electron chi connectivity index (χ4n) is 2.24. The molecule has 2 atom stereocenters. The lowest BCUT2D eigenvalue weighted by atomic mass is 9.82. The van der Waals surface area contributed by atoms with E-state index in [1.165, 1.54) is 0 Å². The van der Waals surface area contributed by atoms with Gasteiger partial charge in [0, 0.05) is 6.04 Å². The molecule has 1 saturated heterocycles. The Morgan fingerprint density at radius 3 is 2.75 bits per heavy atom. The van der Waals surface area contributed by atoms with Crippen molar-refractivity contribution < 1.29 is 5.11 Å². The third-order valence-electron chi connectivity index (χ3n) is 2.56. The monoisotopic (exact) mass is 171 g/mol. The first-order chi connectivity index (χ1) is 5.52. The van der Waals surface area contributed by atoms with Gasteiger partial charge in [-0.1, -0.05) is 13.8 Å². The molecular formula is C10H21NO. The van der Waals surface area contributed by atoms with Gasteiger partial charge in [0.1, 0.15) is 0 Å². The number of aliphatic hydroxyl groups is 1. The molecule has 1 heterocycles. The molecule has 0 aromatic rings. The molecule has 1 aliphatic rings. The van der Waals surface area contributed by atoms with Crippen molar-refractivity contribution in [1.29, 1.82) is 0 Å². The molecule has 0 aliphatic carbocycles. The SMILES string of the molecule is CC(C)C[C@]1(O)CCN[C@H](C)C1. The molecule has 0 spiro atoms. The molecule has 1 rings (SSSR count). The van der Waals surface area contributed by atoms with Crippen LogP contribution in [0.15, 0.2) is 0 Å². The van der Waals surface area contributed by atoms with Crippen LogP contribution in [0.4, 0.5) is 0 Å². The summed E-state index contributed by atoms with van der Waals surface area (Å²) in [6.45, 7) is 7.45. The topological polar surface area (TPSA) is 32.3 Å². The quantitative estimate of drug-likeness (QED) is 0.660. The zero-order valence-electron chi connectivity index (χ0n) is 8.43. The smallest absolute Gasteiger partial charge is 0.0677 e. The number of piperidine rings is 1. The molecule has 0 aromatic carbocycles. The van der Waals surface area contributed by atoms with E-state index in [1.54, 1.807) is 0 Å². The van der Waals surface area contributed by atoms with Gasteiger partial charge in [0.2, 0.25) is 0 Å². The molecule has 2 heteroatoms. The van der Waals surface area contributed by atoms with Gasteiger partial charge in [-0.25, -0.2) is 0 Å². The van der Waals surface area contributed by atoms with E-state index in [-0.39, 0.29) is 0 Å². The van der Waals surface area contributed by atoms with E-state index < -0.39 is 5.60 Å². The van der Waals surface area contributed by atoms with Crippen molar-refractivity contribution in [3.05, 3.63) is 0 Å². The minimum atomic E-state index is -0.390. The molecule has 12 heavy (non-hydrogen) atoms. The van der Waals surface area contributed by atoms with Crippen LogP contribution >= 0.6 is 0 Å². The molecule has 0 aromatic heterocycles. The first-order valence-electron chi connectivity index (χ1n) is 4.98. The standard InChI is InChI=1S/C10H21NO/c1-8(2)6-10(12)4-5-11-9(3)7-10/h8-9,11-12H,4-7H2,1-3H3/t9-,10-/m1/s1. The number of nitrogens with one attached hydrogen (secondary N) is 1. The van der Waals surface area contributed by atoms with Gasteiger partial charge >= 0.3 is 0 Å². The van der Waals surface area contributed by atoms with Crippen LogP contribution in [0.1, 0.15) is 40.0 Å². The lowest BCUT2D eigenvalue weighted by Gasteiger charge is -2.37. The Morgan fingerprint density at radius 1 is 1.58 bits per heavy atom. The Labute approximate surface area is 75.4 Å². The summed E-state index contributed by atoms with van der Waals surface area (Å²) in [7, 11) is 0. The average molecular weight is 171 g/mol. The molecule has 2 nitrogen and oxygen atoms in total. The Bertz CT molecular complexity index is 143. The zero-order valence-corrected chi connectivity index (χ0v) is 8.43. The van der Waals surface area contributed by atoms with E-state index in [1.807, 2.05) is 0 Å². The maximum absolute atomic E-state index is 10.2. The van der Waals surface area contributed by atoms with Crippen LogP contribution in [0, 0.1) is 5.92 Å². The minimum Gasteiger partial charge on any atom is -0.390 e. The van der Waals surface area contributed by atoms with Crippen molar-refractivity contribution >= 4 is 0 Å². The second kappa shape index (κ2) is 3.75. The largest absolute Gasteiger partial charge is 0.390 e. The highest BCUT2D eigenvalue weighted by Gasteiger charge is 2.32.